The van der Waals surface area contributed by atoms with E-state index in [0.29, 0.717) is 0 Å². The lowest BCUT2D eigenvalue weighted by Crippen LogP contribution is -2.67. The summed E-state index contributed by atoms with van der Waals surface area (Å²) in [5, 5.41) is 6.52. The average molecular weight is 266 g/mol. The van der Waals surface area contributed by atoms with Crippen LogP contribution in [0.3, 0.4) is 0 Å². The number of hydrogen-bond donors (Lipinski definition) is 1. The van der Waals surface area contributed by atoms with Crippen LogP contribution in [0.2, 0.25) is 0 Å². The second-order valence-electron chi connectivity index (χ2n) is 3.74. The number of aliphatic carboxylic acids is 1. The molecule has 0 bridgehead atoms. The number of β-lactam (4-membered cyclic amide) rings is 1. The van der Waals surface area contributed by atoms with Crippen LogP contribution in [0.4, 0.5) is 0 Å². The van der Waals surface area contributed by atoms with Crippen molar-refractivity contribution in [2.45, 2.75) is 17.7 Å². The highest BCUT2D eigenvalue weighted by Gasteiger charge is 2.58. The van der Waals surface area contributed by atoms with Crippen molar-refractivity contribution in [3.8, 4) is 0 Å². The van der Waals surface area contributed by atoms with Gasteiger partial charge in [0, 0.05) is 0 Å². The summed E-state index contributed by atoms with van der Waals surface area (Å²) < 4.78 is 23.3. The third-order valence-electron chi connectivity index (χ3n) is 2.61. The number of alkyl halides is 1. The SMILES string of the molecule is CC1=C(C(=O)O)N2C(=O)[C@H](Cl)C2S(=O)(=O)C1. The molecule has 2 heterocycles. The molecular weight excluding hydrogens is 258 g/mol. The van der Waals surface area contributed by atoms with E-state index in [4.69, 9.17) is 16.7 Å². The number of carboxylic acids is 1. The Bertz CT molecular complexity index is 523. The van der Waals surface area contributed by atoms with Gasteiger partial charge in [-0.1, -0.05) is 0 Å². The molecule has 8 heteroatoms. The zero-order valence-corrected chi connectivity index (χ0v) is 9.75. The molecule has 0 aromatic carbocycles. The van der Waals surface area contributed by atoms with E-state index >= 15 is 0 Å². The summed E-state index contributed by atoms with van der Waals surface area (Å²) in [6, 6.07) is 0. The second-order valence-corrected chi connectivity index (χ2v) is 6.31. The summed E-state index contributed by atoms with van der Waals surface area (Å²) in [4.78, 5) is 23.1. The maximum absolute atomic E-state index is 11.7. The average Bonchev–Trinajstić information content (AvgIpc) is 2.13. The predicted molar refractivity (Wildman–Crippen MR) is 54.4 cm³/mol. The molecule has 1 N–H and O–H groups in total. The highest BCUT2D eigenvalue weighted by Crippen LogP contribution is 2.38. The number of carbonyl (C=O) groups is 2. The fourth-order valence-corrected chi connectivity index (χ4v) is 4.57. The molecule has 16 heavy (non-hydrogen) atoms. The molecule has 0 aromatic rings. The second kappa shape index (κ2) is 3.21. The molecule has 2 rings (SSSR count). The van der Waals surface area contributed by atoms with Crippen molar-refractivity contribution in [1.29, 1.82) is 0 Å². The van der Waals surface area contributed by atoms with Crippen molar-refractivity contribution in [1.82, 2.24) is 4.90 Å². The normalized spacial score (nSPS) is 32.1. The molecule has 1 unspecified atom stereocenters. The lowest BCUT2D eigenvalue weighted by molar-refractivity contribution is -0.145. The van der Waals surface area contributed by atoms with Crippen LogP contribution < -0.4 is 0 Å². The standard InChI is InChI=1S/C8H8ClNO5S/c1-3-2-16(14,15)7-4(9)6(11)10(7)5(3)8(12)13/h4,7H,2H2,1H3,(H,12,13)/t4-,7?/m0/s1. The van der Waals surface area contributed by atoms with Crippen LogP contribution in [0, 0.1) is 0 Å². The van der Waals surface area contributed by atoms with Gasteiger partial charge < -0.3 is 5.11 Å². The first-order chi connectivity index (χ1) is 7.27. The summed E-state index contributed by atoms with van der Waals surface area (Å²) in [5.41, 5.74) is -0.109. The first-order valence-corrected chi connectivity index (χ1v) is 6.54. The number of hydrogen-bond acceptors (Lipinski definition) is 4. The van der Waals surface area contributed by atoms with E-state index in [1.54, 1.807) is 0 Å². The van der Waals surface area contributed by atoms with Crippen LogP contribution in [-0.2, 0) is 19.4 Å². The van der Waals surface area contributed by atoms with Crippen LogP contribution in [0.1, 0.15) is 6.92 Å². The maximum Gasteiger partial charge on any atom is 0.352 e. The fourth-order valence-electron chi connectivity index (χ4n) is 1.96. The Hall–Kier alpha value is -1.08. The number of halogens is 1. The quantitative estimate of drug-likeness (QED) is 0.512. The van der Waals surface area contributed by atoms with Gasteiger partial charge in [0.25, 0.3) is 0 Å². The lowest BCUT2D eigenvalue weighted by Gasteiger charge is -2.46. The van der Waals surface area contributed by atoms with Crippen molar-refractivity contribution in [3.05, 3.63) is 11.3 Å². The first kappa shape index (κ1) is 11.4. The monoisotopic (exact) mass is 265 g/mol. The summed E-state index contributed by atoms with van der Waals surface area (Å²) in [6.07, 6.45) is 0. The zero-order chi connectivity index (χ0) is 12.2. The predicted octanol–water partition coefficient (Wildman–Crippen LogP) is -0.451. The molecule has 1 fully saturated rings. The van der Waals surface area contributed by atoms with Crippen molar-refractivity contribution < 1.29 is 23.1 Å². The van der Waals surface area contributed by atoms with Crippen LogP contribution >= 0.6 is 11.6 Å². The molecule has 2 aliphatic heterocycles. The van der Waals surface area contributed by atoms with Crippen molar-refractivity contribution in [2.75, 3.05) is 5.75 Å². The van der Waals surface area contributed by atoms with Gasteiger partial charge in [0.05, 0.1) is 5.75 Å². The van der Waals surface area contributed by atoms with Crippen LogP contribution in [0.25, 0.3) is 0 Å². The summed E-state index contributed by atoms with van der Waals surface area (Å²) in [5.74, 6) is -2.35. The number of carboxylic acid groups (broad SMARTS) is 1. The van der Waals surface area contributed by atoms with Crippen LogP contribution in [-0.4, -0.2) is 46.8 Å². The Morgan fingerprint density at radius 3 is 2.62 bits per heavy atom. The maximum atomic E-state index is 11.7. The van der Waals surface area contributed by atoms with E-state index in [1.807, 2.05) is 0 Å². The third kappa shape index (κ3) is 1.28. The number of fused-ring (bicyclic) bond motifs is 1. The smallest absolute Gasteiger partial charge is 0.352 e. The van der Waals surface area contributed by atoms with Gasteiger partial charge in [-0.15, -0.1) is 11.6 Å². The number of nitrogens with zero attached hydrogens (tertiary/aromatic N) is 1. The molecule has 88 valence electrons. The van der Waals surface area contributed by atoms with E-state index in [2.05, 4.69) is 0 Å². The summed E-state index contributed by atoms with van der Waals surface area (Å²) >= 11 is 5.59. The molecule has 0 aliphatic carbocycles. The topological polar surface area (TPSA) is 91.8 Å². The van der Waals surface area contributed by atoms with Gasteiger partial charge in [0.1, 0.15) is 11.1 Å². The Morgan fingerprint density at radius 1 is 1.56 bits per heavy atom. The highest BCUT2D eigenvalue weighted by atomic mass is 35.5. The Kier molecular flexibility index (Phi) is 2.29. The van der Waals surface area contributed by atoms with Gasteiger partial charge in [0.2, 0.25) is 5.91 Å². The molecule has 1 amide bonds. The van der Waals surface area contributed by atoms with Gasteiger partial charge >= 0.3 is 5.97 Å². The molecule has 6 nitrogen and oxygen atoms in total. The van der Waals surface area contributed by atoms with Crippen LogP contribution in [0.5, 0.6) is 0 Å². The van der Waals surface area contributed by atoms with E-state index in [1.165, 1.54) is 6.92 Å². The Morgan fingerprint density at radius 2 is 2.12 bits per heavy atom. The Labute approximate surface area is 96.4 Å². The van der Waals surface area contributed by atoms with Gasteiger partial charge in [-0.25, -0.2) is 13.2 Å². The van der Waals surface area contributed by atoms with Gasteiger partial charge in [0.15, 0.2) is 15.2 Å². The van der Waals surface area contributed by atoms with Crippen LogP contribution in [0.15, 0.2) is 11.3 Å². The largest absolute Gasteiger partial charge is 0.477 e. The van der Waals surface area contributed by atoms with Crippen molar-refractivity contribution in [2.24, 2.45) is 0 Å². The molecule has 1 saturated heterocycles. The van der Waals surface area contributed by atoms with Gasteiger partial charge in [-0.3, -0.25) is 9.69 Å². The highest BCUT2D eigenvalue weighted by molar-refractivity contribution is 7.92. The number of rotatable bonds is 1. The lowest BCUT2D eigenvalue weighted by atomic mass is 10.1. The molecule has 0 spiro atoms. The molecular formula is C8H8ClNO5S. The molecule has 2 aliphatic rings. The van der Waals surface area contributed by atoms with E-state index in [-0.39, 0.29) is 17.0 Å². The number of carbonyl (C=O) groups excluding carboxylic acids is 1. The van der Waals surface area contributed by atoms with E-state index in [0.717, 1.165) is 4.90 Å². The fraction of sp³-hybridized carbons (Fsp3) is 0.500. The van der Waals surface area contributed by atoms with Gasteiger partial charge in [-0.05, 0) is 12.5 Å². The number of sulfone groups is 1. The third-order valence-corrected chi connectivity index (χ3v) is 5.24. The molecule has 0 aromatic heterocycles. The minimum Gasteiger partial charge on any atom is -0.477 e. The van der Waals surface area contributed by atoms with Crippen molar-refractivity contribution >= 4 is 33.3 Å². The summed E-state index contributed by atoms with van der Waals surface area (Å²) in [7, 11) is -3.57. The van der Waals surface area contributed by atoms with E-state index < -0.39 is 32.5 Å². The zero-order valence-electron chi connectivity index (χ0n) is 8.18. The summed E-state index contributed by atoms with van der Waals surface area (Å²) in [6.45, 7) is 1.38. The Balaban J connectivity index is 2.58. The number of amides is 1. The minimum absolute atomic E-state index is 0.153. The minimum atomic E-state index is -3.57. The van der Waals surface area contributed by atoms with E-state index in [9.17, 15) is 18.0 Å². The molecule has 0 saturated carbocycles. The van der Waals surface area contributed by atoms with Gasteiger partial charge in [-0.2, -0.15) is 0 Å². The molecule has 0 radical (unpaired) electrons. The molecule has 2 atom stereocenters. The van der Waals surface area contributed by atoms with Crippen molar-refractivity contribution in [3.63, 3.8) is 0 Å². The first-order valence-electron chi connectivity index (χ1n) is 4.39.